The number of hydrogen-bond donors (Lipinski definition) is 7. The minimum absolute atomic E-state index is 0.00277. The molecule has 7 rings (SSSR count). The number of rotatable bonds is 18. The molecule has 1 aliphatic heterocycles. The Morgan fingerprint density at radius 3 is 1.95 bits per heavy atom. The zero-order chi connectivity index (χ0) is 46.4. The standard InChI is InChI=1S/C38H48N4O5.C10H8O6S2/c43-34-19-17-31(32-18-20-36(45)41-37(32)34)35(44)27-39-23-11-4-2-1-3-5-12-24-42-25-21-29(22-26-42)47-38(46)40-33-16-10-9-15-30(33)28-13-7-6-8-14-28;11-17(12,13)9-5-1-3-7-8(9)4-2-6-10(7)18(14,15)16/h6-10,13-20,29,35,39,43-44H,1-5,11-12,21-27H2,(H,40,46)(H,41,45);1-6H,(H,11,12,13)(H,14,15,16)/t35-;/m0./s1. The van der Waals surface area contributed by atoms with E-state index < -0.39 is 36.1 Å². The molecule has 1 saturated heterocycles. The van der Waals surface area contributed by atoms with Crippen LogP contribution in [-0.4, -0.2) is 91.0 Å². The van der Waals surface area contributed by atoms with Gasteiger partial charge in [0.2, 0.25) is 5.56 Å². The van der Waals surface area contributed by atoms with Crippen molar-refractivity contribution in [3.63, 3.8) is 0 Å². The Balaban J connectivity index is 0.000000324. The number of para-hydroxylation sites is 1. The van der Waals surface area contributed by atoms with Crippen molar-refractivity contribution < 1.29 is 45.7 Å². The van der Waals surface area contributed by atoms with Gasteiger partial charge in [0.05, 0.1) is 17.3 Å². The summed E-state index contributed by atoms with van der Waals surface area (Å²) in [5.74, 6) is -0.00277. The number of anilines is 1. The monoisotopic (exact) mass is 928 g/mol. The quantitative estimate of drug-likeness (QED) is 0.0318. The number of ether oxygens (including phenoxy) is 1. The number of aliphatic hydroxyl groups excluding tert-OH is 1. The van der Waals surface area contributed by atoms with Crippen LogP contribution in [0.25, 0.3) is 32.8 Å². The van der Waals surface area contributed by atoms with Crippen LogP contribution in [0.1, 0.15) is 69.5 Å². The third kappa shape index (κ3) is 13.9. The highest BCUT2D eigenvalue weighted by molar-refractivity contribution is 7.86. The first-order chi connectivity index (χ1) is 31.2. The number of fused-ring (bicyclic) bond motifs is 2. The van der Waals surface area contributed by atoms with Gasteiger partial charge in [0.25, 0.3) is 20.2 Å². The average molecular weight is 929 g/mol. The molecule has 1 amide bonds. The number of amides is 1. The highest BCUT2D eigenvalue weighted by Gasteiger charge is 2.23. The molecule has 7 N–H and O–H groups in total. The molecule has 15 nitrogen and oxygen atoms in total. The predicted octanol–water partition coefficient (Wildman–Crippen LogP) is 8.30. The number of unbranched alkanes of at least 4 members (excludes halogenated alkanes) is 6. The molecule has 1 aliphatic rings. The van der Waals surface area contributed by atoms with Crippen LogP contribution in [0.2, 0.25) is 0 Å². The molecule has 0 saturated carbocycles. The van der Waals surface area contributed by atoms with E-state index in [-0.39, 0.29) is 34.3 Å². The Kier molecular flexibility index (Phi) is 17.3. The number of pyridine rings is 1. The fourth-order valence-corrected chi connectivity index (χ4v) is 9.49. The zero-order valence-corrected chi connectivity index (χ0v) is 37.6. The lowest BCUT2D eigenvalue weighted by atomic mass is 10.0. The van der Waals surface area contributed by atoms with Gasteiger partial charge in [-0.1, -0.05) is 111 Å². The molecule has 1 aromatic heterocycles. The predicted molar refractivity (Wildman–Crippen MR) is 251 cm³/mol. The lowest BCUT2D eigenvalue weighted by Crippen LogP contribution is -2.38. The maximum atomic E-state index is 12.7. The van der Waals surface area contributed by atoms with Crippen molar-refractivity contribution in [3.05, 3.63) is 131 Å². The summed E-state index contributed by atoms with van der Waals surface area (Å²) in [6.07, 6.45) is 8.90. The van der Waals surface area contributed by atoms with Gasteiger partial charge in [-0.25, -0.2) is 4.79 Å². The second kappa shape index (κ2) is 23.0. The van der Waals surface area contributed by atoms with Crippen LogP contribution in [0.4, 0.5) is 10.5 Å². The minimum atomic E-state index is -4.47. The molecule has 5 aromatic carbocycles. The lowest BCUT2D eigenvalue weighted by molar-refractivity contribution is 0.0584. The van der Waals surface area contributed by atoms with Crippen LogP contribution in [-0.2, 0) is 25.0 Å². The summed E-state index contributed by atoms with van der Waals surface area (Å²) < 4.78 is 68.5. The van der Waals surface area contributed by atoms with E-state index in [0.717, 1.165) is 80.8 Å². The maximum absolute atomic E-state index is 12.7. The van der Waals surface area contributed by atoms with Gasteiger partial charge in [0.1, 0.15) is 21.6 Å². The Morgan fingerprint density at radius 2 is 1.31 bits per heavy atom. The van der Waals surface area contributed by atoms with E-state index in [2.05, 4.69) is 20.5 Å². The van der Waals surface area contributed by atoms with Gasteiger partial charge in [0.15, 0.2) is 0 Å². The van der Waals surface area contributed by atoms with Crippen molar-refractivity contribution in [1.82, 2.24) is 15.2 Å². The summed E-state index contributed by atoms with van der Waals surface area (Å²) in [5.41, 5.74) is 3.54. The fourth-order valence-electron chi connectivity index (χ4n) is 8.07. The number of aliphatic hydroxyl groups is 1. The molecule has 346 valence electrons. The summed E-state index contributed by atoms with van der Waals surface area (Å²) in [7, 11) is -8.94. The van der Waals surface area contributed by atoms with Crippen molar-refractivity contribution in [3.8, 4) is 16.9 Å². The van der Waals surface area contributed by atoms with Gasteiger partial charge >= 0.3 is 6.09 Å². The molecular weight excluding hydrogens is 873 g/mol. The van der Waals surface area contributed by atoms with E-state index in [9.17, 15) is 36.6 Å². The second-order valence-electron chi connectivity index (χ2n) is 16.0. The number of carbonyl (C=O) groups excluding carboxylic acids is 1. The van der Waals surface area contributed by atoms with Crippen LogP contribution in [0.15, 0.2) is 130 Å². The van der Waals surface area contributed by atoms with Gasteiger partial charge in [0, 0.05) is 47.4 Å². The Morgan fingerprint density at radius 1 is 0.708 bits per heavy atom. The Labute approximate surface area is 379 Å². The topological polar surface area (TPSA) is 236 Å². The number of nitrogens with one attached hydrogen (secondary N) is 3. The summed E-state index contributed by atoms with van der Waals surface area (Å²) in [6.45, 7) is 4.28. The SMILES string of the molecule is O=C(Nc1ccccc1-c1ccccc1)OC1CCN(CCCCCCCCCNC[C@H](O)c2ccc(O)c3[nH]c(=O)ccc23)CC1.O=S(=O)(O)c1cccc2c(S(=O)(=O)O)cccc12. The first-order valence-corrected chi connectivity index (χ1v) is 24.6. The van der Waals surface area contributed by atoms with E-state index >= 15 is 0 Å². The molecule has 6 aromatic rings. The third-order valence-corrected chi connectivity index (χ3v) is 13.2. The number of aromatic amines is 1. The van der Waals surface area contributed by atoms with E-state index in [1.807, 2.05) is 54.6 Å². The van der Waals surface area contributed by atoms with Crippen LogP contribution < -0.4 is 16.2 Å². The smallest absolute Gasteiger partial charge is 0.411 e. The van der Waals surface area contributed by atoms with Crippen molar-refractivity contribution >= 4 is 53.7 Å². The maximum Gasteiger partial charge on any atom is 0.411 e. The number of H-pyrrole nitrogens is 1. The summed E-state index contributed by atoms with van der Waals surface area (Å²) in [6, 6.07) is 31.6. The van der Waals surface area contributed by atoms with E-state index in [4.69, 9.17) is 13.8 Å². The van der Waals surface area contributed by atoms with E-state index in [1.54, 1.807) is 12.1 Å². The number of nitrogens with zero attached hydrogens (tertiary/aromatic N) is 1. The molecule has 0 unspecified atom stereocenters. The number of aromatic nitrogens is 1. The molecule has 0 bridgehead atoms. The number of phenolic OH excluding ortho intramolecular Hbond substituents is 1. The molecule has 2 heterocycles. The molecule has 0 radical (unpaired) electrons. The number of piperidine rings is 1. The van der Waals surface area contributed by atoms with Crippen LogP contribution in [0.5, 0.6) is 5.75 Å². The zero-order valence-electron chi connectivity index (χ0n) is 35.9. The molecule has 0 spiro atoms. The van der Waals surface area contributed by atoms with Crippen molar-refractivity contribution in [1.29, 1.82) is 0 Å². The lowest BCUT2D eigenvalue weighted by Gasteiger charge is -2.31. The van der Waals surface area contributed by atoms with Crippen LogP contribution in [0.3, 0.4) is 0 Å². The third-order valence-electron chi connectivity index (χ3n) is 11.4. The second-order valence-corrected chi connectivity index (χ2v) is 18.8. The molecular formula is C48H56N4O11S2. The Bertz CT molecular complexity index is 2740. The van der Waals surface area contributed by atoms with Gasteiger partial charge < -0.3 is 30.2 Å². The number of likely N-dealkylation sites (tertiary alicyclic amines) is 1. The van der Waals surface area contributed by atoms with Gasteiger partial charge in [-0.2, -0.15) is 16.8 Å². The van der Waals surface area contributed by atoms with Crippen LogP contribution in [0, 0.1) is 0 Å². The first-order valence-electron chi connectivity index (χ1n) is 21.7. The van der Waals surface area contributed by atoms with Crippen LogP contribution >= 0.6 is 0 Å². The number of hydrogen-bond acceptors (Lipinski definition) is 11. The van der Waals surface area contributed by atoms with Crippen molar-refractivity contribution in [2.45, 2.75) is 79.8 Å². The fraction of sp³-hybridized carbons (Fsp3) is 0.333. The average Bonchev–Trinajstić information content (AvgIpc) is 3.28. The molecule has 0 aliphatic carbocycles. The van der Waals surface area contributed by atoms with E-state index in [1.165, 1.54) is 68.5 Å². The first kappa shape index (κ1) is 48.8. The summed E-state index contributed by atoms with van der Waals surface area (Å²) in [5, 5.41) is 27.7. The number of benzene rings is 5. The van der Waals surface area contributed by atoms with Gasteiger partial charge in [-0.3, -0.25) is 19.2 Å². The number of aromatic hydroxyl groups is 1. The largest absolute Gasteiger partial charge is 0.506 e. The molecule has 17 heteroatoms. The molecule has 65 heavy (non-hydrogen) atoms. The summed E-state index contributed by atoms with van der Waals surface area (Å²) in [4.78, 5) is 28.6. The van der Waals surface area contributed by atoms with Gasteiger partial charge in [-0.05, 0) is 80.2 Å². The highest BCUT2D eigenvalue weighted by Crippen LogP contribution is 2.31. The molecule has 1 atom stereocenters. The summed E-state index contributed by atoms with van der Waals surface area (Å²) >= 11 is 0. The number of carbonyl (C=O) groups is 1. The normalized spacial score (nSPS) is 14.1. The van der Waals surface area contributed by atoms with Crippen molar-refractivity contribution in [2.24, 2.45) is 0 Å². The Hall–Kier alpha value is -5.66. The van der Waals surface area contributed by atoms with Crippen molar-refractivity contribution in [2.75, 3.05) is 38.0 Å². The minimum Gasteiger partial charge on any atom is -0.506 e. The highest BCUT2D eigenvalue weighted by atomic mass is 32.2. The van der Waals surface area contributed by atoms with E-state index in [0.29, 0.717) is 23.0 Å². The van der Waals surface area contributed by atoms with Gasteiger partial charge in [-0.15, -0.1) is 0 Å². The number of phenols is 1. The molecule has 1 fully saturated rings.